The Morgan fingerprint density at radius 2 is 2.05 bits per heavy atom. The van der Waals surface area contributed by atoms with Crippen LogP contribution in [0.1, 0.15) is 21.7 Å². The zero-order chi connectivity index (χ0) is 14.2. The largest absolute Gasteiger partial charge is 0.477 e. The number of carbonyl (C=O) groups is 1. The Labute approximate surface area is 104 Å². The fraction of sp³-hybridized carbons (Fsp3) is 0.182. The summed E-state index contributed by atoms with van der Waals surface area (Å²) in [5, 5.41) is 12.3. The second-order valence-electron chi connectivity index (χ2n) is 3.66. The van der Waals surface area contributed by atoms with E-state index in [-0.39, 0.29) is 5.76 Å². The molecular weight excluding hydrogens is 265 g/mol. The number of carboxylic acid groups (broad SMARTS) is 1. The molecule has 2 aromatic rings. The second-order valence-corrected chi connectivity index (χ2v) is 3.66. The number of hydrogen-bond acceptors (Lipinski definition) is 4. The van der Waals surface area contributed by atoms with Gasteiger partial charge in [0.05, 0.1) is 5.56 Å². The zero-order valence-corrected chi connectivity index (χ0v) is 9.52. The van der Waals surface area contributed by atoms with Gasteiger partial charge in [0.2, 0.25) is 0 Å². The van der Waals surface area contributed by atoms with Crippen LogP contribution < -0.4 is 0 Å². The van der Waals surface area contributed by atoms with Crippen molar-refractivity contribution in [3.05, 3.63) is 35.2 Å². The molecule has 0 bridgehead atoms. The van der Waals surface area contributed by atoms with Gasteiger partial charge in [-0.25, -0.2) is 4.79 Å². The lowest BCUT2D eigenvalue weighted by Crippen LogP contribution is -2.10. The van der Waals surface area contributed by atoms with Crippen molar-refractivity contribution in [2.24, 2.45) is 0 Å². The number of aromatic carboxylic acids is 1. The van der Waals surface area contributed by atoms with Crippen LogP contribution in [0.4, 0.5) is 13.2 Å². The standard InChI is InChI=1S/C11H7F3N2O3/c1-5-7(10(17)18)9(16-19-5)8-6(11(12,13)14)3-2-4-15-8/h2-4H,1H3,(H,17,18). The maximum absolute atomic E-state index is 12.8. The predicted molar refractivity (Wildman–Crippen MR) is 56.4 cm³/mol. The SMILES string of the molecule is Cc1onc(-c2ncccc2C(F)(F)F)c1C(=O)O. The molecule has 0 unspecified atom stereocenters. The number of alkyl halides is 3. The van der Waals surface area contributed by atoms with E-state index in [0.717, 1.165) is 18.3 Å². The van der Waals surface area contributed by atoms with Gasteiger partial charge in [0.1, 0.15) is 22.7 Å². The molecule has 19 heavy (non-hydrogen) atoms. The van der Waals surface area contributed by atoms with Crippen molar-refractivity contribution in [1.29, 1.82) is 0 Å². The van der Waals surface area contributed by atoms with E-state index < -0.39 is 34.7 Å². The molecule has 1 N–H and O–H groups in total. The van der Waals surface area contributed by atoms with Crippen LogP contribution in [0.2, 0.25) is 0 Å². The lowest BCUT2D eigenvalue weighted by atomic mass is 10.1. The fourth-order valence-electron chi connectivity index (χ4n) is 1.61. The third-order valence-electron chi connectivity index (χ3n) is 2.41. The molecule has 5 nitrogen and oxygen atoms in total. The van der Waals surface area contributed by atoms with E-state index in [4.69, 9.17) is 5.11 Å². The summed E-state index contributed by atoms with van der Waals surface area (Å²) in [6.07, 6.45) is -3.54. The molecule has 0 aliphatic carbocycles. The molecule has 2 heterocycles. The van der Waals surface area contributed by atoms with Crippen molar-refractivity contribution in [2.75, 3.05) is 0 Å². The zero-order valence-electron chi connectivity index (χ0n) is 9.52. The molecule has 2 rings (SSSR count). The minimum Gasteiger partial charge on any atom is -0.477 e. The number of carboxylic acids is 1. The monoisotopic (exact) mass is 272 g/mol. The third kappa shape index (κ3) is 2.28. The Morgan fingerprint density at radius 1 is 1.37 bits per heavy atom. The first-order chi connectivity index (χ1) is 8.82. The summed E-state index contributed by atoms with van der Waals surface area (Å²) in [6, 6.07) is 1.91. The quantitative estimate of drug-likeness (QED) is 0.909. The highest BCUT2D eigenvalue weighted by molar-refractivity contribution is 5.95. The first-order valence-electron chi connectivity index (χ1n) is 5.04. The number of aromatic nitrogens is 2. The minimum absolute atomic E-state index is 0.0822. The minimum atomic E-state index is -4.66. The lowest BCUT2D eigenvalue weighted by Gasteiger charge is -2.09. The Balaban J connectivity index is 2.70. The van der Waals surface area contributed by atoms with Gasteiger partial charge in [-0.3, -0.25) is 4.98 Å². The van der Waals surface area contributed by atoms with Crippen LogP contribution in [0.3, 0.4) is 0 Å². The van der Waals surface area contributed by atoms with Gasteiger partial charge in [-0.2, -0.15) is 13.2 Å². The van der Waals surface area contributed by atoms with Gasteiger partial charge >= 0.3 is 12.1 Å². The van der Waals surface area contributed by atoms with Gasteiger partial charge in [-0.15, -0.1) is 0 Å². The van der Waals surface area contributed by atoms with Crippen LogP contribution in [-0.2, 0) is 6.18 Å². The van der Waals surface area contributed by atoms with Crippen molar-refractivity contribution < 1.29 is 27.6 Å². The highest BCUT2D eigenvalue weighted by atomic mass is 19.4. The van der Waals surface area contributed by atoms with E-state index in [1.165, 1.54) is 6.92 Å². The van der Waals surface area contributed by atoms with E-state index in [2.05, 4.69) is 14.7 Å². The Hall–Kier alpha value is -2.38. The molecule has 0 fully saturated rings. The van der Waals surface area contributed by atoms with Crippen LogP contribution in [0.15, 0.2) is 22.9 Å². The topological polar surface area (TPSA) is 76.2 Å². The van der Waals surface area contributed by atoms with Crippen molar-refractivity contribution in [1.82, 2.24) is 10.1 Å². The summed E-state index contributed by atoms with van der Waals surface area (Å²) in [5.41, 5.74) is -2.49. The van der Waals surface area contributed by atoms with Gasteiger partial charge in [-0.05, 0) is 19.1 Å². The number of hydrogen-bond donors (Lipinski definition) is 1. The summed E-state index contributed by atoms with van der Waals surface area (Å²) in [4.78, 5) is 14.6. The molecule has 8 heteroatoms. The number of pyridine rings is 1. The van der Waals surface area contributed by atoms with Gasteiger partial charge in [0, 0.05) is 6.20 Å². The van der Waals surface area contributed by atoms with E-state index in [1.54, 1.807) is 0 Å². The number of aryl methyl sites for hydroxylation is 1. The highest BCUT2D eigenvalue weighted by Crippen LogP contribution is 2.36. The summed E-state index contributed by atoms with van der Waals surface area (Å²) >= 11 is 0. The summed E-state index contributed by atoms with van der Waals surface area (Å²) < 4.78 is 43.1. The molecular formula is C11H7F3N2O3. The van der Waals surface area contributed by atoms with Crippen molar-refractivity contribution >= 4 is 5.97 Å². The molecule has 0 saturated heterocycles. The van der Waals surface area contributed by atoms with Crippen LogP contribution >= 0.6 is 0 Å². The molecule has 2 aromatic heterocycles. The van der Waals surface area contributed by atoms with Crippen LogP contribution in [0.5, 0.6) is 0 Å². The van der Waals surface area contributed by atoms with E-state index >= 15 is 0 Å². The maximum atomic E-state index is 12.8. The van der Waals surface area contributed by atoms with Crippen molar-refractivity contribution in [3.63, 3.8) is 0 Å². The summed E-state index contributed by atoms with van der Waals surface area (Å²) in [5.74, 6) is -1.51. The van der Waals surface area contributed by atoms with Crippen LogP contribution in [-0.4, -0.2) is 21.2 Å². The van der Waals surface area contributed by atoms with Gasteiger partial charge in [0.25, 0.3) is 0 Å². The molecule has 0 spiro atoms. The van der Waals surface area contributed by atoms with Gasteiger partial charge in [-0.1, -0.05) is 5.16 Å². The van der Waals surface area contributed by atoms with Gasteiger partial charge < -0.3 is 9.63 Å². The summed E-state index contributed by atoms with van der Waals surface area (Å²) in [7, 11) is 0. The number of halogens is 3. The van der Waals surface area contributed by atoms with Crippen LogP contribution in [0, 0.1) is 6.92 Å². The first kappa shape index (κ1) is 13.1. The molecule has 0 saturated carbocycles. The highest BCUT2D eigenvalue weighted by Gasteiger charge is 2.36. The lowest BCUT2D eigenvalue weighted by molar-refractivity contribution is -0.137. The first-order valence-corrected chi connectivity index (χ1v) is 5.04. The molecule has 0 radical (unpaired) electrons. The Bertz CT molecular complexity index is 634. The molecule has 0 aliphatic rings. The fourth-order valence-corrected chi connectivity index (χ4v) is 1.61. The molecule has 0 amide bonds. The van der Waals surface area contributed by atoms with Gasteiger partial charge in [0.15, 0.2) is 0 Å². The molecule has 100 valence electrons. The molecule has 0 aromatic carbocycles. The average molecular weight is 272 g/mol. The molecule has 0 atom stereocenters. The smallest absolute Gasteiger partial charge is 0.418 e. The Kier molecular flexibility index (Phi) is 3.01. The second kappa shape index (κ2) is 4.38. The number of rotatable bonds is 2. The average Bonchev–Trinajstić information content (AvgIpc) is 2.70. The van der Waals surface area contributed by atoms with Crippen LogP contribution in [0.25, 0.3) is 11.4 Å². The van der Waals surface area contributed by atoms with Crippen molar-refractivity contribution in [2.45, 2.75) is 13.1 Å². The number of nitrogens with zero attached hydrogens (tertiary/aromatic N) is 2. The van der Waals surface area contributed by atoms with E-state index in [1.807, 2.05) is 0 Å². The van der Waals surface area contributed by atoms with Crippen molar-refractivity contribution in [3.8, 4) is 11.4 Å². The predicted octanol–water partition coefficient (Wildman–Crippen LogP) is 2.76. The van der Waals surface area contributed by atoms with E-state index in [0.29, 0.717) is 0 Å². The normalized spacial score (nSPS) is 11.6. The summed E-state index contributed by atoms with van der Waals surface area (Å²) in [6.45, 7) is 1.30. The van der Waals surface area contributed by atoms with E-state index in [9.17, 15) is 18.0 Å². The maximum Gasteiger partial charge on any atom is 0.418 e. The third-order valence-corrected chi connectivity index (χ3v) is 2.41. The Morgan fingerprint density at radius 3 is 2.63 bits per heavy atom. The molecule has 0 aliphatic heterocycles.